The number of likely N-dealkylation sites (tertiary alicyclic amines) is 1. The highest BCUT2D eigenvalue weighted by Crippen LogP contribution is 2.30. The van der Waals surface area contributed by atoms with E-state index >= 15 is 0 Å². The van der Waals surface area contributed by atoms with Crippen LogP contribution >= 0.6 is 0 Å². The van der Waals surface area contributed by atoms with E-state index in [2.05, 4.69) is 42.8 Å². The number of hydrogen-bond acceptors (Lipinski definition) is 3. The van der Waals surface area contributed by atoms with Crippen LogP contribution in [0.3, 0.4) is 0 Å². The predicted octanol–water partition coefficient (Wildman–Crippen LogP) is 3.47. The number of aromatic nitrogens is 1. The lowest BCUT2D eigenvalue weighted by Gasteiger charge is -2.26. The van der Waals surface area contributed by atoms with Crippen LogP contribution in [0.4, 0.5) is 0 Å². The van der Waals surface area contributed by atoms with E-state index in [0.717, 1.165) is 41.7 Å². The lowest BCUT2D eigenvalue weighted by molar-refractivity contribution is 0.0742. The number of hydrogen-bond donors (Lipinski definition) is 0. The molecular formula is C21H27N3O. The third-order valence-electron chi connectivity index (χ3n) is 6.30. The zero-order valence-corrected chi connectivity index (χ0v) is 15.7. The maximum absolute atomic E-state index is 13.4. The van der Waals surface area contributed by atoms with E-state index in [1.54, 1.807) is 0 Å². The molecule has 4 heteroatoms. The lowest BCUT2D eigenvalue weighted by Crippen LogP contribution is -2.39. The summed E-state index contributed by atoms with van der Waals surface area (Å²) in [6.07, 6.45) is 3.57. The molecule has 2 atom stereocenters. The molecule has 0 N–H and O–H groups in total. The maximum Gasteiger partial charge on any atom is 0.254 e. The molecule has 1 aromatic carbocycles. The first-order valence-corrected chi connectivity index (χ1v) is 9.34. The molecule has 4 nitrogen and oxygen atoms in total. The number of likely N-dealkylation sites (N-methyl/N-ethyl adjacent to an activating group) is 1. The van der Waals surface area contributed by atoms with Crippen molar-refractivity contribution < 1.29 is 4.79 Å². The number of carbonyl (C=O) groups excluding carboxylic acids is 1. The van der Waals surface area contributed by atoms with Gasteiger partial charge in [0.1, 0.15) is 0 Å². The second-order valence-corrected chi connectivity index (χ2v) is 7.81. The van der Waals surface area contributed by atoms with Crippen LogP contribution in [0.15, 0.2) is 18.2 Å². The van der Waals surface area contributed by atoms with Crippen molar-refractivity contribution in [1.29, 1.82) is 0 Å². The molecule has 0 radical (unpaired) electrons. The number of rotatable bonds is 1. The van der Waals surface area contributed by atoms with Gasteiger partial charge in [-0.2, -0.15) is 0 Å². The molecule has 4 rings (SSSR count). The second-order valence-electron chi connectivity index (χ2n) is 7.81. The minimum atomic E-state index is 0.166. The zero-order valence-electron chi connectivity index (χ0n) is 15.7. The quantitative estimate of drug-likeness (QED) is 0.799. The van der Waals surface area contributed by atoms with E-state index in [9.17, 15) is 4.79 Å². The third-order valence-corrected chi connectivity index (χ3v) is 6.30. The Morgan fingerprint density at radius 2 is 1.88 bits per heavy atom. The highest BCUT2D eigenvalue weighted by molar-refractivity contribution is 6.07. The summed E-state index contributed by atoms with van der Waals surface area (Å²) in [5.41, 5.74) is 5.09. The molecule has 132 valence electrons. The Morgan fingerprint density at radius 3 is 2.68 bits per heavy atom. The normalized spacial score (nSPS) is 23.9. The summed E-state index contributed by atoms with van der Waals surface area (Å²) in [6.45, 7) is 7.88. The smallest absolute Gasteiger partial charge is 0.254 e. The van der Waals surface area contributed by atoms with Crippen LogP contribution in [-0.2, 0) is 0 Å². The average molecular weight is 337 g/mol. The first kappa shape index (κ1) is 16.5. The standard InChI is InChI=1S/C21H27N3O/c1-13-5-8-18-19(11-14(2)22-20(18)15(13)3)21(25)24-10-9-16-6-7-17(12-24)23(16)4/h5,8,11,16-17H,6-7,9-10,12H2,1-4H3/t16-,17+/m1/s1. The average Bonchev–Trinajstić information content (AvgIpc) is 2.83. The summed E-state index contributed by atoms with van der Waals surface area (Å²) >= 11 is 0. The van der Waals surface area contributed by atoms with Gasteiger partial charge in [-0.15, -0.1) is 0 Å². The van der Waals surface area contributed by atoms with Crippen LogP contribution in [0.5, 0.6) is 0 Å². The van der Waals surface area contributed by atoms with Gasteiger partial charge in [-0.05, 0) is 64.3 Å². The van der Waals surface area contributed by atoms with Gasteiger partial charge in [0.25, 0.3) is 5.91 Å². The fraction of sp³-hybridized carbons (Fsp3) is 0.524. The number of amides is 1. The van der Waals surface area contributed by atoms with Crippen molar-refractivity contribution >= 4 is 16.8 Å². The molecule has 25 heavy (non-hydrogen) atoms. The number of fused-ring (bicyclic) bond motifs is 3. The van der Waals surface area contributed by atoms with Crippen molar-refractivity contribution in [2.75, 3.05) is 20.1 Å². The fourth-order valence-corrected chi connectivity index (χ4v) is 4.50. The Hall–Kier alpha value is -1.94. The topological polar surface area (TPSA) is 36.4 Å². The van der Waals surface area contributed by atoms with Gasteiger partial charge in [0.05, 0.1) is 11.1 Å². The number of nitrogens with zero attached hydrogens (tertiary/aromatic N) is 3. The van der Waals surface area contributed by atoms with Crippen molar-refractivity contribution in [3.05, 3.63) is 40.6 Å². The predicted molar refractivity (Wildman–Crippen MR) is 101 cm³/mol. The maximum atomic E-state index is 13.4. The van der Waals surface area contributed by atoms with E-state index in [0.29, 0.717) is 12.1 Å². The van der Waals surface area contributed by atoms with Crippen molar-refractivity contribution in [3.8, 4) is 0 Å². The zero-order chi connectivity index (χ0) is 17.7. The van der Waals surface area contributed by atoms with Crippen LogP contribution in [-0.4, -0.2) is 52.9 Å². The van der Waals surface area contributed by atoms with Crippen LogP contribution in [0, 0.1) is 20.8 Å². The molecule has 0 unspecified atom stereocenters. The van der Waals surface area contributed by atoms with E-state index in [4.69, 9.17) is 4.98 Å². The van der Waals surface area contributed by atoms with Crippen molar-refractivity contribution in [2.45, 2.75) is 52.1 Å². The Morgan fingerprint density at radius 1 is 1.12 bits per heavy atom. The third kappa shape index (κ3) is 2.73. The molecule has 2 aliphatic rings. The number of aryl methyl sites for hydroxylation is 3. The number of benzene rings is 1. The minimum absolute atomic E-state index is 0.166. The molecule has 3 heterocycles. The molecule has 2 saturated heterocycles. The molecule has 2 aromatic rings. The molecular weight excluding hydrogens is 310 g/mol. The van der Waals surface area contributed by atoms with Crippen LogP contribution < -0.4 is 0 Å². The molecule has 2 fully saturated rings. The lowest BCUT2D eigenvalue weighted by atomic mass is 9.99. The molecule has 0 saturated carbocycles. The summed E-state index contributed by atoms with van der Waals surface area (Å²) in [5, 5.41) is 0.987. The van der Waals surface area contributed by atoms with Crippen molar-refractivity contribution in [1.82, 2.24) is 14.8 Å². The van der Waals surface area contributed by atoms with E-state index in [1.807, 2.05) is 13.0 Å². The van der Waals surface area contributed by atoms with Gasteiger partial charge in [0.2, 0.25) is 0 Å². The molecule has 1 aromatic heterocycles. The fourth-order valence-electron chi connectivity index (χ4n) is 4.50. The Kier molecular flexibility index (Phi) is 4.03. The highest BCUT2D eigenvalue weighted by atomic mass is 16.2. The van der Waals surface area contributed by atoms with Gasteiger partial charge in [-0.1, -0.05) is 12.1 Å². The van der Waals surface area contributed by atoms with Gasteiger partial charge in [-0.3, -0.25) is 14.7 Å². The summed E-state index contributed by atoms with van der Waals surface area (Å²) in [7, 11) is 2.22. The minimum Gasteiger partial charge on any atom is -0.337 e. The van der Waals surface area contributed by atoms with Gasteiger partial charge in [0, 0.05) is 36.3 Å². The van der Waals surface area contributed by atoms with Crippen LogP contribution in [0.25, 0.3) is 10.9 Å². The Bertz CT molecular complexity index is 845. The van der Waals surface area contributed by atoms with Gasteiger partial charge in [-0.25, -0.2) is 0 Å². The summed E-state index contributed by atoms with van der Waals surface area (Å²) in [4.78, 5) is 22.6. The molecule has 2 bridgehead atoms. The van der Waals surface area contributed by atoms with Crippen molar-refractivity contribution in [2.24, 2.45) is 0 Å². The van der Waals surface area contributed by atoms with E-state index in [1.165, 1.54) is 24.0 Å². The number of carbonyl (C=O) groups is 1. The Balaban J connectivity index is 1.74. The summed E-state index contributed by atoms with van der Waals surface area (Å²) < 4.78 is 0. The van der Waals surface area contributed by atoms with Crippen LogP contribution in [0.2, 0.25) is 0 Å². The highest BCUT2D eigenvalue weighted by Gasteiger charge is 2.36. The summed E-state index contributed by atoms with van der Waals surface area (Å²) in [6, 6.07) is 7.28. The van der Waals surface area contributed by atoms with E-state index < -0.39 is 0 Å². The summed E-state index contributed by atoms with van der Waals surface area (Å²) in [5.74, 6) is 0.166. The van der Waals surface area contributed by atoms with Gasteiger partial charge in [0.15, 0.2) is 0 Å². The van der Waals surface area contributed by atoms with Gasteiger partial charge >= 0.3 is 0 Å². The monoisotopic (exact) mass is 337 g/mol. The second kappa shape index (κ2) is 6.10. The first-order valence-electron chi connectivity index (χ1n) is 9.34. The van der Waals surface area contributed by atoms with E-state index in [-0.39, 0.29) is 5.91 Å². The molecule has 0 aliphatic carbocycles. The van der Waals surface area contributed by atoms with Crippen molar-refractivity contribution in [3.63, 3.8) is 0 Å². The van der Waals surface area contributed by atoms with Crippen LogP contribution in [0.1, 0.15) is 46.4 Å². The first-order chi connectivity index (χ1) is 12.0. The van der Waals surface area contributed by atoms with Gasteiger partial charge < -0.3 is 4.90 Å². The number of pyridine rings is 1. The molecule has 2 aliphatic heterocycles. The Labute approximate surface area is 149 Å². The largest absolute Gasteiger partial charge is 0.337 e. The molecule has 1 amide bonds. The SMILES string of the molecule is Cc1cc(C(=O)N2CC[C@H]3CC[C@@H](C2)N3C)c2ccc(C)c(C)c2n1. The molecule has 0 spiro atoms.